The second-order valence-electron chi connectivity index (χ2n) is 8.91. The number of benzene rings is 1. The fraction of sp³-hybridized carbons (Fsp3) is 0.542. The molecule has 5 rings (SSSR count). The standard InChI is InChI=1S/C24H29FN4O/c1-16-20-12-13-22(30)29(15-17-8-10-18(25)11-9-17)24(20)27-23(26-16)21-7-4-14-28(21)19-5-2-3-6-19/h8-11,19,21H,2-7,12-15H2,1H3/t21-/m0/s1. The van der Waals surface area contributed by atoms with Crippen LogP contribution in [0.15, 0.2) is 24.3 Å². The predicted octanol–water partition coefficient (Wildman–Crippen LogP) is 4.48. The molecule has 1 aromatic heterocycles. The van der Waals surface area contributed by atoms with Crippen molar-refractivity contribution in [3.8, 4) is 0 Å². The molecule has 1 saturated heterocycles. The fourth-order valence-corrected chi connectivity index (χ4v) is 5.43. The molecule has 5 nitrogen and oxygen atoms in total. The second kappa shape index (κ2) is 8.06. The molecule has 0 spiro atoms. The van der Waals surface area contributed by atoms with E-state index in [9.17, 15) is 9.18 Å². The fourth-order valence-electron chi connectivity index (χ4n) is 5.43. The molecule has 1 aliphatic carbocycles. The van der Waals surface area contributed by atoms with Crippen LogP contribution < -0.4 is 4.90 Å². The molecule has 0 radical (unpaired) electrons. The first-order chi connectivity index (χ1) is 14.6. The van der Waals surface area contributed by atoms with Gasteiger partial charge in [0.05, 0.1) is 12.6 Å². The van der Waals surface area contributed by atoms with Crippen LogP contribution in [-0.2, 0) is 17.8 Å². The molecule has 1 aromatic carbocycles. The van der Waals surface area contributed by atoms with Gasteiger partial charge in [-0.15, -0.1) is 0 Å². The first kappa shape index (κ1) is 19.6. The van der Waals surface area contributed by atoms with Crippen LogP contribution in [0.5, 0.6) is 0 Å². The molecule has 2 aromatic rings. The third kappa shape index (κ3) is 3.62. The summed E-state index contributed by atoms with van der Waals surface area (Å²) in [7, 11) is 0. The summed E-state index contributed by atoms with van der Waals surface area (Å²) in [6.45, 7) is 3.58. The monoisotopic (exact) mass is 408 g/mol. The number of anilines is 1. The van der Waals surface area contributed by atoms with Crippen molar-refractivity contribution in [1.29, 1.82) is 0 Å². The summed E-state index contributed by atoms with van der Waals surface area (Å²) in [6.07, 6.45) is 8.60. The lowest BCUT2D eigenvalue weighted by atomic mass is 10.0. The molecule has 2 aliphatic heterocycles. The van der Waals surface area contributed by atoms with Crippen LogP contribution in [-0.4, -0.2) is 33.4 Å². The molecular formula is C24H29FN4O. The van der Waals surface area contributed by atoms with Gasteiger partial charge in [0, 0.05) is 23.7 Å². The van der Waals surface area contributed by atoms with Crippen LogP contribution in [0.2, 0.25) is 0 Å². The maximum Gasteiger partial charge on any atom is 0.228 e. The maximum atomic E-state index is 13.3. The van der Waals surface area contributed by atoms with E-state index >= 15 is 0 Å². The van der Waals surface area contributed by atoms with Crippen molar-refractivity contribution in [2.45, 2.75) is 76.9 Å². The van der Waals surface area contributed by atoms with Crippen LogP contribution >= 0.6 is 0 Å². The molecule has 1 atom stereocenters. The van der Waals surface area contributed by atoms with Gasteiger partial charge >= 0.3 is 0 Å². The van der Waals surface area contributed by atoms with E-state index in [0.717, 1.165) is 41.4 Å². The zero-order valence-corrected chi connectivity index (χ0v) is 17.6. The SMILES string of the molecule is Cc1nc([C@@H]2CCCN2C2CCCC2)nc2c1CCC(=O)N2Cc1ccc(F)cc1. The number of amides is 1. The van der Waals surface area contributed by atoms with E-state index in [2.05, 4.69) is 4.90 Å². The van der Waals surface area contributed by atoms with Gasteiger partial charge in [0.25, 0.3) is 0 Å². The van der Waals surface area contributed by atoms with E-state index in [4.69, 9.17) is 9.97 Å². The molecule has 1 amide bonds. The molecule has 0 unspecified atom stereocenters. The van der Waals surface area contributed by atoms with Gasteiger partial charge in [0.2, 0.25) is 5.91 Å². The number of hydrogen-bond donors (Lipinski definition) is 0. The van der Waals surface area contributed by atoms with Crippen molar-refractivity contribution in [1.82, 2.24) is 14.9 Å². The quantitative estimate of drug-likeness (QED) is 0.748. The Kier molecular flexibility index (Phi) is 5.27. The molecule has 158 valence electrons. The zero-order valence-electron chi connectivity index (χ0n) is 17.6. The molecule has 0 bridgehead atoms. The van der Waals surface area contributed by atoms with Gasteiger partial charge in [-0.25, -0.2) is 14.4 Å². The number of carbonyl (C=O) groups is 1. The van der Waals surface area contributed by atoms with E-state index in [1.54, 1.807) is 17.0 Å². The summed E-state index contributed by atoms with van der Waals surface area (Å²) in [6, 6.07) is 7.27. The van der Waals surface area contributed by atoms with Crippen molar-refractivity contribution in [2.24, 2.45) is 0 Å². The van der Waals surface area contributed by atoms with E-state index in [1.165, 1.54) is 44.2 Å². The minimum atomic E-state index is -0.266. The zero-order chi connectivity index (χ0) is 20.7. The van der Waals surface area contributed by atoms with Crippen molar-refractivity contribution < 1.29 is 9.18 Å². The van der Waals surface area contributed by atoms with Crippen molar-refractivity contribution in [3.63, 3.8) is 0 Å². The minimum absolute atomic E-state index is 0.0787. The van der Waals surface area contributed by atoms with E-state index in [-0.39, 0.29) is 17.8 Å². The lowest BCUT2D eigenvalue weighted by Gasteiger charge is -2.33. The predicted molar refractivity (Wildman–Crippen MR) is 114 cm³/mol. The summed E-state index contributed by atoms with van der Waals surface area (Å²) in [5, 5.41) is 0. The number of aryl methyl sites for hydroxylation is 1. The third-order valence-electron chi connectivity index (χ3n) is 6.99. The number of carbonyl (C=O) groups excluding carboxylic acids is 1. The lowest BCUT2D eigenvalue weighted by Crippen LogP contribution is -2.37. The normalized spacial score (nSPS) is 22.7. The van der Waals surface area contributed by atoms with Gasteiger partial charge in [-0.3, -0.25) is 14.6 Å². The first-order valence-electron chi connectivity index (χ1n) is 11.3. The van der Waals surface area contributed by atoms with Gasteiger partial charge in [0.15, 0.2) is 0 Å². The van der Waals surface area contributed by atoms with Crippen LogP contribution in [0, 0.1) is 12.7 Å². The highest BCUT2D eigenvalue weighted by Gasteiger charge is 2.36. The highest BCUT2D eigenvalue weighted by Crippen LogP contribution is 2.39. The van der Waals surface area contributed by atoms with Crippen LogP contribution in [0.4, 0.5) is 10.2 Å². The Hall–Kier alpha value is -2.34. The van der Waals surface area contributed by atoms with Gasteiger partial charge in [-0.05, 0) is 63.3 Å². The number of fused-ring (bicyclic) bond motifs is 1. The molecule has 3 heterocycles. The summed E-state index contributed by atoms with van der Waals surface area (Å²) < 4.78 is 13.3. The number of likely N-dealkylation sites (tertiary alicyclic amines) is 1. The molecule has 0 N–H and O–H groups in total. The Balaban J connectivity index is 1.48. The summed E-state index contributed by atoms with van der Waals surface area (Å²) >= 11 is 0. The Morgan fingerprint density at radius 3 is 2.57 bits per heavy atom. The van der Waals surface area contributed by atoms with Crippen LogP contribution in [0.3, 0.4) is 0 Å². The molecule has 1 saturated carbocycles. The topological polar surface area (TPSA) is 49.3 Å². The maximum absolute atomic E-state index is 13.3. The second-order valence-corrected chi connectivity index (χ2v) is 8.91. The smallest absolute Gasteiger partial charge is 0.228 e. The number of halogens is 1. The van der Waals surface area contributed by atoms with Crippen molar-refractivity contribution in [2.75, 3.05) is 11.4 Å². The summed E-state index contributed by atoms with van der Waals surface area (Å²) in [5.74, 6) is 1.44. The summed E-state index contributed by atoms with van der Waals surface area (Å²) in [5.41, 5.74) is 2.97. The minimum Gasteiger partial charge on any atom is -0.292 e. The third-order valence-corrected chi connectivity index (χ3v) is 6.99. The highest BCUT2D eigenvalue weighted by atomic mass is 19.1. The van der Waals surface area contributed by atoms with Crippen molar-refractivity contribution in [3.05, 3.63) is 52.7 Å². The Morgan fingerprint density at radius 2 is 1.80 bits per heavy atom. The largest absolute Gasteiger partial charge is 0.292 e. The van der Waals surface area contributed by atoms with Crippen molar-refractivity contribution >= 4 is 11.7 Å². The van der Waals surface area contributed by atoms with E-state index in [0.29, 0.717) is 25.4 Å². The number of hydrogen-bond acceptors (Lipinski definition) is 4. The summed E-state index contributed by atoms with van der Waals surface area (Å²) in [4.78, 5) is 27.1. The Labute approximate surface area is 177 Å². The highest BCUT2D eigenvalue weighted by molar-refractivity contribution is 5.95. The molecule has 3 aliphatic rings. The number of nitrogens with zero attached hydrogens (tertiary/aromatic N) is 4. The van der Waals surface area contributed by atoms with Crippen LogP contribution in [0.1, 0.15) is 73.6 Å². The van der Waals surface area contributed by atoms with E-state index in [1.807, 2.05) is 6.92 Å². The number of aromatic nitrogens is 2. The van der Waals surface area contributed by atoms with Gasteiger partial charge in [-0.1, -0.05) is 25.0 Å². The van der Waals surface area contributed by atoms with Crippen LogP contribution in [0.25, 0.3) is 0 Å². The van der Waals surface area contributed by atoms with E-state index < -0.39 is 0 Å². The molecule has 6 heteroatoms. The van der Waals surface area contributed by atoms with Gasteiger partial charge in [-0.2, -0.15) is 0 Å². The average molecular weight is 409 g/mol. The van der Waals surface area contributed by atoms with Gasteiger partial charge < -0.3 is 0 Å². The Morgan fingerprint density at radius 1 is 1.03 bits per heavy atom. The molecule has 2 fully saturated rings. The molecular weight excluding hydrogens is 379 g/mol. The lowest BCUT2D eigenvalue weighted by molar-refractivity contribution is -0.119. The first-order valence-corrected chi connectivity index (χ1v) is 11.3. The molecule has 30 heavy (non-hydrogen) atoms. The number of rotatable bonds is 4. The van der Waals surface area contributed by atoms with Gasteiger partial charge in [0.1, 0.15) is 17.5 Å². The average Bonchev–Trinajstić information content (AvgIpc) is 3.43. The Bertz CT molecular complexity index is 939.